The molecule has 1 aromatic heterocycles. The average molecular weight is 429 g/mol. The molecule has 0 aliphatic heterocycles. The second-order valence-electron chi connectivity index (χ2n) is 7.97. The Morgan fingerprint density at radius 2 is 1.68 bits per heavy atom. The minimum Gasteiger partial charge on any atom is -0.497 e. The maximum atomic E-state index is 13.5. The molecule has 2 aromatic rings. The first-order chi connectivity index (χ1) is 14.6. The van der Waals surface area contributed by atoms with Crippen LogP contribution in [0.2, 0.25) is 0 Å². The minimum absolute atomic E-state index is 0.168. The molecule has 2 rings (SSSR count). The van der Waals surface area contributed by atoms with Gasteiger partial charge in [0.1, 0.15) is 11.4 Å². The lowest BCUT2D eigenvalue weighted by atomic mass is 9.98. The molecule has 0 fully saturated rings. The van der Waals surface area contributed by atoms with Gasteiger partial charge >= 0.3 is 5.97 Å². The number of ether oxygens (including phenoxy) is 2. The summed E-state index contributed by atoms with van der Waals surface area (Å²) in [6.45, 7) is 11.6. The summed E-state index contributed by atoms with van der Waals surface area (Å²) in [5.41, 5.74) is 2.29. The van der Waals surface area contributed by atoms with E-state index in [1.54, 1.807) is 64.0 Å². The summed E-state index contributed by atoms with van der Waals surface area (Å²) in [7, 11) is 1.56. The van der Waals surface area contributed by atoms with Gasteiger partial charge in [-0.15, -0.1) is 0 Å². The van der Waals surface area contributed by atoms with Gasteiger partial charge in [0.25, 0.3) is 5.91 Å². The molecule has 168 valence electrons. The molecule has 0 aliphatic carbocycles. The monoisotopic (exact) mass is 428 g/mol. The zero-order valence-electron chi connectivity index (χ0n) is 19.4. The van der Waals surface area contributed by atoms with Crippen LogP contribution in [0.3, 0.4) is 0 Å². The van der Waals surface area contributed by atoms with Crippen molar-refractivity contribution < 1.29 is 23.9 Å². The van der Waals surface area contributed by atoms with Gasteiger partial charge in [-0.2, -0.15) is 0 Å². The number of esters is 1. The van der Waals surface area contributed by atoms with Crippen LogP contribution in [0.25, 0.3) is 0 Å². The van der Waals surface area contributed by atoms with Crippen LogP contribution in [0.5, 0.6) is 5.75 Å². The number of hydrogen-bond donors (Lipinski definition) is 1. The van der Waals surface area contributed by atoms with Crippen LogP contribution in [0.15, 0.2) is 24.3 Å². The van der Waals surface area contributed by atoms with Crippen molar-refractivity contribution >= 4 is 17.7 Å². The number of nitrogens with one attached hydrogen (secondary N) is 1. The number of aromatic nitrogens is 1. The lowest BCUT2D eigenvalue weighted by Gasteiger charge is -2.30. The lowest BCUT2D eigenvalue weighted by Crippen LogP contribution is -2.45. The van der Waals surface area contributed by atoms with Crippen LogP contribution in [0, 0.1) is 19.8 Å². The fraction of sp³-hybridized carbons (Fsp3) is 0.458. The topological polar surface area (TPSA) is 88.7 Å². The Balaban J connectivity index is 2.38. The zero-order valence-corrected chi connectivity index (χ0v) is 19.4. The second-order valence-corrected chi connectivity index (χ2v) is 7.97. The fourth-order valence-corrected chi connectivity index (χ4v) is 3.59. The number of rotatable bonds is 9. The molecule has 0 aliphatic rings. The molecule has 31 heavy (non-hydrogen) atoms. The first kappa shape index (κ1) is 24.2. The number of carbonyl (C=O) groups is 3. The molecule has 7 nitrogen and oxygen atoms in total. The highest BCUT2D eigenvalue weighted by atomic mass is 16.5. The number of benzene rings is 1. The minimum atomic E-state index is -0.708. The largest absolute Gasteiger partial charge is 0.497 e. The molecule has 0 spiro atoms. The summed E-state index contributed by atoms with van der Waals surface area (Å²) < 4.78 is 10.2. The maximum Gasteiger partial charge on any atom is 0.355 e. The van der Waals surface area contributed by atoms with Crippen molar-refractivity contribution in [3.63, 3.8) is 0 Å². The molecule has 1 aromatic carbocycles. The van der Waals surface area contributed by atoms with Crippen molar-refractivity contribution in [1.29, 1.82) is 0 Å². The van der Waals surface area contributed by atoms with Gasteiger partial charge in [0, 0.05) is 23.4 Å². The Labute approximate surface area is 183 Å². The van der Waals surface area contributed by atoms with Crippen LogP contribution in [-0.4, -0.2) is 53.8 Å². The molecular formula is C24H32N2O5. The molecule has 1 amide bonds. The summed E-state index contributed by atoms with van der Waals surface area (Å²) in [6, 6.07) is 6.12. The Hall–Kier alpha value is -3.09. The zero-order chi connectivity index (χ0) is 23.3. The number of amides is 1. The number of methoxy groups -OCH3 is 1. The first-order valence-electron chi connectivity index (χ1n) is 10.5. The van der Waals surface area contributed by atoms with Crippen molar-refractivity contribution in [3.05, 3.63) is 52.3 Å². The van der Waals surface area contributed by atoms with Gasteiger partial charge in [-0.3, -0.25) is 9.59 Å². The summed E-state index contributed by atoms with van der Waals surface area (Å²) in [5.74, 6) is -0.122. The van der Waals surface area contributed by atoms with E-state index in [1.165, 1.54) is 0 Å². The van der Waals surface area contributed by atoms with Crippen LogP contribution < -0.4 is 4.74 Å². The Kier molecular flexibility index (Phi) is 8.02. The Morgan fingerprint density at radius 1 is 1.06 bits per heavy atom. The van der Waals surface area contributed by atoms with Crippen LogP contribution in [0.1, 0.15) is 70.2 Å². The Morgan fingerprint density at radius 3 is 2.19 bits per heavy atom. The van der Waals surface area contributed by atoms with Gasteiger partial charge in [-0.25, -0.2) is 4.79 Å². The summed E-state index contributed by atoms with van der Waals surface area (Å²) in [5, 5.41) is 0. The summed E-state index contributed by atoms with van der Waals surface area (Å²) in [6.07, 6.45) is 0. The molecule has 0 saturated carbocycles. The molecule has 0 radical (unpaired) electrons. The van der Waals surface area contributed by atoms with E-state index in [4.69, 9.17) is 9.47 Å². The van der Waals surface area contributed by atoms with E-state index in [0.717, 1.165) is 0 Å². The molecule has 1 unspecified atom stereocenters. The number of nitrogens with zero attached hydrogens (tertiary/aromatic N) is 1. The third-order valence-electron chi connectivity index (χ3n) is 5.17. The van der Waals surface area contributed by atoms with E-state index < -0.39 is 12.0 Å². The van der Waals surface area contributed by atoms with Gasteiger partial charge in [0.15, 0.2) is 5.78 Å². The molecule has 1 heterocycles. The highest BCUT2D eigenvalue weighted by Crippen LogP contribution is 2.24. The molecule has 1 N–H and O–H groups in total. The van der Waals surface area contributed by atoms with Gasteiger partial charge in [-0.05, 0) is 63.4 Å². The van der Waals surface area contributed by atoms with Crippen molar-refractivity contribution in [2.75, 3.05) is 20.3 Å². The number of H-pyrrole nitrogens is 1. The molecule has 7 heteroatoms. The predicted octanol–water partition coefficient (Wildman–Crippen LogP) is 4.19. The van der Waals surface area contributed by atoms with Crippen LogP contribution in [-0.2, 0) is 4.74 Å². The number of Topliss-reactive ketones (excluding diaryl/α,β-unsaturated/α-hetero) is 1. The van der Waals surface area contributed by atoms with Crippen molar-refractivity contribution in [2.24, 2.45) is 5.92 Å². The van der Waals surface area contributed by atoms with E-state index in [0.29, 0.717) is 34.7 Å². The third kappa shape index (κ3) is 5.34. The number of carbonyl (C=O) groups excluding carboxylic acids is 3. The maximum absolute atomic E-state index is 13.5. The third-order valence-corrected chi connectivity index (χ3v) is 5.17. The van der Waals surface area contributed by atoms with E-state index in [-0.39, 0.29) is 29.9 Å². The van der Waals surface area contributed by atoms with E-state index in [1.807, 2.05) is 13.8 Å². The highest BCUT2D eigenvalue weighted by molar-refractivity contribution is 6.07. The van der Waals surface area contributed by atoms with Gasteiger partial charge < -0.3 is 19.4 Å². The average Bonchev–Trinajstić information content (AvgIpc) is 3.04. The highest BCUT2D eigenvalue weighted by Gasteiger charge is 2.32. The molecule has 0 saturated heterocycles. The number of hydrogen-bond acceptors (Lipinski definition) is 5. The van der Waals surface area contributed by atoms with E-state index in [2.05, 4.69) is 4.98 Å². The first-order valence-corrected chi connectivity index (χ1v) is 10.5. The quantitative estimate of drug-likeness (QED) is 0.478. The van der Waals surface area contributed by atoms with Crippen LogP contribution >= 0.6 is 0 Å². The van der Waals surface area contributed by atoms with E-state index >= 15 is 0 Å². The number of aromatic amines is 1. The smallest absolute Gasteiger partial charge is 0.355 e. The van der Waals surface area contributed by atoms with Crippen molar-refractivity contribution in [1.82, 2.24) is 9.88 Å². The normalized spacial score (nSPS) is 11.9. The standard InChI is InChI=1S/C24H32N2O5/c1-8-31-24(29)21-15(4)20(16(5)25-21)22(27)17(6)26(13-14(2)3)23(28)18-9-11-19(30-7)12-10-18/h9-12,14,17,25H,8,13H2,1-7H3. The predicted molar refractivity (Wildman–Crippen MR) is 119 cm³/mol. The fourth-order valence-electron chi connectivity index (χ4n) is 3.59. The van der Waals surface area contributed by atoms with Crippen molar-refractivity contribution in [3.8, 4) is 5.75 Å². The van der Waals surface area contributed by atoms with Crippen molar-refractivity contribution in [2.45, 2.75) is 47.6 Å². The van der Waals surface area contributed by atoms with Gasteiger partial charge in [0.2, 0.25) is 0 Å². The second kappa shape index (κ2) is 10.3. The molecular weight excluding hydrogens is 396 g/mol. The van der Waals surface area contributed by atoms with Gasteiger partial charge in [0.05, 0.1) is 19.8 Å². The number of ketones is 1. The van der Waals surface area contributed by atoms with E-state index in [9.17, 15) is 14.4 Å². The lowest BCUT2D eigenvalue weighted by molar-refractivity contribution is 0.0518. The van der Waals surface area contributed by atoms with Crippen LogP contribution in [0.4, 0.5) is 0 Å². The summed E-state index contributed by atoms with van der Waals surface area (Å²) >= 11 is 0. The molecule has 0 bridgehead atoms. The Bertz CT molecular complexity index is 944. The number of aryl methyl sites for hydroxylation is 1. The molecule has 1 atom stereocenters. The SMILES string of the molecule is CCOC(=O)c1[nH]c(C)c(C(=O)C(C)N(CC(C)C)C(=O)c2ccc(OC)cc2)c1C. The van der Waals surface area contributed by atoms with Gasteiger partial charge in [-0.1, -0.05) is 13.8 Å². The summed E-state index contributed by atoms with van der Waals surface area (Å²) in [4.78, 5) is 43.5.